The normalized spacial score (nSPS) is 20.2. The fourth-order valence-corrected chi connectivity index (χ4v) is 2.02. The van der Waals surface area contributed by atoms with Crippen molar-refractivity contribution in [2.45, 2.75) is 12.5 Å². The molecule has 1 saturated heterocycles. The summed E-state index contributed by atoms with van der Waals surface area (Å²) >= 11 is 6.09. The fourth-order valence-electron chi connectivity index (χ4n) is 1.81. The molecule has 2 heterocycles. The number of rotatable bonds is 3. The van der Waals surface area contributed by atoms with Crippen molar-refractivity contribution in [1.82, 2.24) is 9.97 Å². The Morgan fingerprint density at radius 2 is 2.44 bits per heavy atom. The van der Waals surface area contributed by atoms with Crippen molar-refractivity contribution in [3.63, 3.8) is 0 Å². The molecule has 2 rings (SSSR count). The Bertz CT molecular complexity index is 374. The van der Waals surface area contributed by atoms with Crippen LogP contribution < -0.4 is 10.2 Å². The zero-order valence-corrected chi connectivity index (χ0v) is 10.2. The number of hydrogen-bond donors (Lipinski definition) is 1. The van der Waals surface area contributed by atoms with Gasteiger partial charge in [0.15, 0.2) is 5.82 Å². The quantitative estimate of drug-likeness (QED) is 0.868. The Labute approximate surface area is 99.8 Å². The number of halogens is 1. The summed E-state index contributed by atoms with van der Waals surface area (Å²) in [6.07, 6.45) is 2.89. The van der Waals surface area contributed by atoms with E-state index >= 15 is 0 Å². The smallest absolute Gasteiger partial charge is 0.224 e. The van der Waals surface area contributed by atoms with Crippen LogP contribution in [0.15, 0.2) is 6.20 Å². The van der Waals surface area contributed by atoms with E-state index in [2.05, 4.69) is 20.2 Å². The first-order valence-corrected chi connectivity index (χ1v) is 5.60. The molecule has 5 nitrogen and oxygen atoms in total. The summed E-state index contributed by atoms with van der Waals surface area (Å²) in [5.41, 5.74) is 0. The van der Waals surface area contributed by atoms with Crippen LogP contribution >= 0.6 is 11.6 Å². The van der Waals surface area contributed by atoms with Crippen LogP contribution in [0.25, 0.3) is 0 Å². The minimum Gasteiger partial charge on any atom is -0.380 e. The van der Waals surface area contributed by atoms with Gasteiger partial charge in [0.05, 0.1) is 12.3 Å². The highest BCUT2D eigenvalue weighted by Gasteiger charge is 2.25. The Balaban J connectivity index is 2.20. The van der Waals surface area contributed by atoms with Crippen molar-refractivity contribution < 1.29 is 4.74 Å². The summed E-state index contributed by atoms with van der Waals surface area (Å²) < 4.78 is 5.32. The molecule has 0 spiro atoms. The second-order valence-corrected chi connectivity index (χ2v) is 4.11. The first-order chi connectivity index (χ1) is 7.74. The summed E-state index contributed by atoms with van der Waals surface area (Å²) in [7, 11) is 3.52. The topological polar surface area (TPSA) is 50.3 Å². The third kappa shape index (κ3) is 2.20. The van der Waals surface area contributed by atoms with Crippen LogP contribution in [-0.2, 0) is 4.74 Å². The molecule has 1 fully saturated rings. The zero-order chi connectivity index (χ0) is 11.5. The molecule has 6 heteroatoms. The molecule has 0 aromatic carbocycles. The van der Waals surface area contributed by atoms with Gasteiger partial charge >= 0.3 is 0 Å². The number of nitrogens with one attached hydrogen (secondary N) is 1. The van der Waals surface area contributed by atoms with Gasteiger partial charge in [0.2, 0.25) is 5.95 Å². The summed E-state index contributed by atoms with van der Waals surface area (Å²) in [4.78, 5) is 10.5. The molecule has 1 atom stereocenters. The number of methoxy groups -OCH3 is 1. The van der Waals surface area contributed by atoms with E-state index < -0.39 is 0 Å². The van der Waals surface area contributed by atoms with Crippen LogP contribution in [0.5, 0.6) is 0 Å². The van der Waals surface area contributed by atoms with Gasteiger partial charge in [0.25, 0.3) is 0 Å². The van der Waals surface area contributed by atoms with E-state index in [0.717, 1.165) is 25.3 Å². The minimum atomic E-state index is 0.268. The molecule has 0 saturated carbocycles. The average Bonchev–Trinajstić information content (AvgIpc) is 2.78. The van der Waals surface area contributed by atoms with Gasteiger partial charge in [-0.2, -0.15) is 4.98 Å². The van der Waals surface area contributed by atoms with Gasteiger partial charge in [-0.1, -0.05) is 11.6 Å². The molecule has 16 heavy (non-hydrogen) atoms. The predicted octanol–water partition coefficient (Wildman–Crippen LogP) is 1.40. The van der Waals surface area contributed by atoms with E-state index in [0.29, 0.717) is 11.0 Å². The second-order valence-electron chi connectivity index (χ2n) is 3.71. The van der Waals surface area contributed by atoms with E-state index in [9.17, 15) is 0 Å². The maximum Gasteiger partial charge on any atom is 0.224 e. The molecule has 88 valence electrons. The molecule has 0 bridgehead atoms. The highest BCUT2D eigenvalue weighted by atomic mass is 35.5. The molecule has 0 aliphatic carbocycles. The first kappa shape index (κ1) is 11.4. The van der Waals surface area contributed by atoms with Gasteiger partial charge in [-0.05, 0) is 6.42 Å². The monoisotopic (exact) mass is 242 g/mol. The van der Waals surface area contributed by atoms with E-state index in [1.165, 1.54) is 0 Å². The van der Waals surface area contributed by atoms with Crippen LogP contribution in [0.1, 0.15) is 6.42 Å². The maximum absolute atomic E-state index is 6.09. The third-order valence-corrected chi connectivity index (χ3v) is 2.99. The number of nitrogens with zero attached hydrogens (tertiary/aromatic N) is 3. The lowest BCUT2D eigenvalue weighted by Gasteiger charge is -2.18. The molecule has 1 N–H and O–H groups in total. The van der Waals surface area contributed by atoms with Crippen molar-refractivity contribution in [2.24, 2.45) is 0 Å². The molecule has 0 amide bonds. The summed E-state index contributed by atoms with van der Waals surface area (Å²) in [5, 5.41) is 3.48. The lowest BCUT2D eigenvalue weighted by atomic mass is 10.3. The lowest BCUT2D eigenvalue weighted by molar-refractivity contribution is 0.121. The number of ether oxygens (including phenoxy) is 1. The van der Waals surface area contributed by atoms with Crippen molar-refractivity contribution >= 4 is 23.4 Å². The van der Waals surface area contributed by atoms with E-state index in [1.807, 2.05) is 0 Å². The molecular weight excluding hydrogens is 228 g/mol. The summed E-state index contributed by atoms with van der Waals surface area (Å²) in [6.45, 7) is 1.74. The largest absolute Gasteiger partial charge is 0.380 e. The van der Waals surface area contributed by atoms with E-state index in [1.54, 1.807) is 20.4 Å². The van der Waals surface area contributed by atoms with Crippen molar-refractivity contribution in [2.75, 3.05) is 37.5 Å². The van der Waals surface area contributed by atoms with E-state index in [4.69, 9.17) is 16.3 Å². The summed E-state index contributed by atoms with van der Waals surface area (Å²) in [6, 6.07) is 0. The Morgan fingerprint density at radius 1 is 1.62 bits per heavy atom. The number of aromatic nitrogens is 2. The van der Waals surface area contributed by atoms with Crippen LogP contribution in [-0.4, -0.2) is 43.3 Å². The van der Waals surface area contributed by atoms with Gasteiger partial charge in [-0.3, -0.25) is 0 Å². The predicted molar refractivity (Wildman–Crippen MR) is 64.2 cm³/mol. The molecule has 1 unspecified atom stereocenters. The van der Waals surface area contributed by atoms with Gasteiger partial charge in [0.1, 0.15) is 5.02 Å². The van der Waals surface area contributed by atoms with Gasteiger partial charge in [-0.25, -0.2) is 4.98 Å². The number of hydrogen-bond acceptors (Lipinski definition) is 5. The lowest BCUT2D eigenvalue weighted by Crippen LogP contribution is -2.23. The first-order valence-electron chi connectivity index (χ1n) is 5.22. The SMILES string of the molecule is CNc1ncc(Cl)c(N2CCC(OC)C2)n1. The summed E-state index contributed by atoms with van der Waals surface area (Å²) in [5.74, 6) is 1.36. The van der Waals surface area contributed by atoms with Crippen molar-refractivity contribution in [3.05, 3.63) is 11.2 Å². The molecule has 1 aromatic rings. The molecular formula is C10H15ClN4O. The third-order valence-electron chi connectivity index (χ3n) is 2.73. The second kappa shape index (κ2) is 4.84. The molecule has 1 aromatic heterocycles. The van der Waals surface area contributed by atoms with Crippen LogP contribution in [0.3, 0.4) is 0 Å². The van der Waals surface area contributed by atoms with Crippen LogP contribution in [0, 0.1) is 0 Å². The van der Waals surface area contributed by atoms with Gasteiger partial charge < -0.3 is 15.0 Å². The molecule has 0 radical (unpaired) electrons. The highest BCUT2D eigenvalue weighted by Crippen LogP contribution is 2.27. The molecule has 1 aliphatic rings. The van der Waals surface area contributed by atoms with Crippen molar-refractivity contribution in [1.29, 1.82) is 0 Å². The van der Waals surface area contributed by atoms with Crippen LogP contribution in [0.4, 0.5) is 11.8 Å². The van der Waals surface area contributed by atoms with E-state index in [-0.39, 0.29) is 6.10 Å². The van der Waals surface area contributed by atoms with Crippen LogP contribution in [0.2, 0.25) is 5.02 Å². The Morgan fingerprint density at radius 3 is 3.06 bits per heavy atom. The standard InChI is InChI=1S/C10H15ClN4O/c1-12-10-13-5-8(11)9(14-10)15-4-3-7(6-15)16-2/h5,7H,3-4,6H2,1-2H3,(H,12,13,14). The Hall–Kier alpha value is -1.07. The van der Waals surface area contributed by atoms with Crippen molar-refractivity contribution in [3.8, 4) is 0 Å². The maximum atomic E-state index is 6.09. The molecule has 1 aliphatic heterocycles. The number of anilines is 2. The van der Waals surface area contributed by atoms with Gasteiger partial charge in [0, 0.05) is 27.2 Å². The minimum absolute atomic E-state index is 0.268. The zero-order valence-electron chi connectivity index (χ0n) is 9.40. The Kier molecular flexibility index (Phi) is 3.46. The van der Waals surface area contributed by atoms with Gasteiger partial charge in [-0.15, -0.1) is 0 Å². The average molecular weight is 243 g/mol. The fraction of sp³-hybridized carbons (Fsp3) is 0.600. The highest BCUT2D eigenvalue weighted by molar-refractivity contribution is 6.32.